The standard InChI is InChI=1S/C18H22N2O4S/c1-3-10-24-16-7-4-15(18(21)11-16)12-20-13(2)14-5-8-17(9-6-14)25(19,22)23/h4-9,11-13,21H,3,10H2,1-2H3,(H2,19,22,23)/t13-/m0/s1. The Morgan fingerprint density at radius 3 is 2.48 bits per heavy atom. The molecule has 0 aromatic heterocycles. The van der Waals surface area contributed by atoms with Crippen LogP contribution in [0.1, 0.15) is 37.4 Å². The fourth-order valence-corrected chi connectivity index (χ4v) is 2.67. The van der Waals surface area contributed by atoms with Gasteiger partial charge in [-0.25, -0.2) is 13.6 Å². The van der Waals surface area contributed by atoms with Gasteiger partial charge in [0.1, 0.15) is 11.5 Å². The van der Waals surface area contributed by atoms with E-state index in [0.717, 1.165) is 12.0 Å². The number of phenols is 1. The van der Waals surface area contributed by atoms with E-state index in [4.69, 9.17) is 9.88 Å². The number of ether oxygens (including phenoxy) is 1. The Bertz CT molecular complexity index is 846. The largest absolute Gasteiger partial charge is 0.507 e. The van der Waals surface area contributed by atoms with E-state index in [2.05, 4.69) is 4.99 Å². The number of nitrogens with two attached hydrogens (primary N) is 1. The van der Waals surface area contributed by atoms with Gasteiger partial charge in [-0.1, -0.05) is 19.1 Å². The maximum absolute atomic E-state index is 11.3. The van der Waals surface area contributed by atoms with Crippen molar-refractivity contribution in [3.8, 4) is 11.5 Å². The summed E-state index contributed by atoms with van der Waals surface area (Å²) in [6.07, 6.45) is 2.48. The summed E-state index contributed by atoms with van der Waals surface area (Å²) in [6.45, 7) is 4.48. The molecule has 3 N–H and O–H groups in total. The minimum absolute atomic E-state index is 0.0627. The van der Waals surface area contributed by atoms with Crippen LogP contribution >= 0.6 is 0 Å². The van der Waals surface area contributed by atoms with Crippen LogP contribution in [0, 0.1) is 0 Å². The highest BCUT2D eigenvalue weighted by Crippen LogP contribution is 2.24. The fourth-order valence-electron chi connectivity index (χ4n) is 2.16. The smallest absolute Gasteiger partial charge is 0.238 e. The van der Waals surface area contributed by atoms with Crippen molar-refractivity contribution in [2.45, 2.75) is 31.2 Å². The molecule has 0 aliphatic carbocycles. The summed E-state index contributed by atoms with van der Waals surface area (Å²) in [7, 11) is -3.70. The minimum Gasteiger partial charge on any atom is -0.507 e. The van der Waals surface area contributed by atoms with E-state index in [1.807, 2.05) is 13.8 Å². The fraction of sp³-hybridized carbons (Fsp3) is 0.278. The molecule has 0 saturated heterocycles. The highest BCUT2D eigenvalue weighted by atomic mass is 32.2. The van der Waals surface area contributed by atoms with Gasteiger partial charge >= 0.3 is 0 Å². The molecule has 0 saturated carbocycles. The number of nitrogens with zero attached hydrogens (tertiary/aromatic N) is 1. The maximum atomic E-state index is 11.3. The van der Waals surface area contributed by atoms with Gasteiger partial charge < -0.3 is 9.84 Å². The van der Waals surface area contributed by atoms with Crippen LogP contribution in [0.15, 0.2) is 52.4 Å². The Morgan fingerprint density at radius 2 is 1.92 bits per heavy atom. The van der Waals surface area contributed by atoms with E-state index in [1.165, 1.54) is 12.1 Å². The van der Waals surface area contributed by atoms with Crippen LogP contribution in [0.5, 0.6) is 11.5 Å². The van der Waals surface area contributed by atoms with Crippen LogP contribution in [0.4, 0.5) is 0 Å². The maximum Gasteiger partial charge on any atom is 0.238 e. The topological polar surface area (TPSA) is 102 Å². The van der Waals surface area contributed by atoms with Gasteiger partial charge in [-0.15, -0.1) is 0 Å². The number of hydrogen-bond donors (Lipinski definition) is 2. The average Bonchev–Trinajstić information content (AvgIpc) is 2.58. The van der Waals surface area contributed by atoms with Crippen LogP contribution in [0.3, 0.4) is 0 Å². The number of hydrogen-bond acceptors (Lipinski definition) is 5. The number of aromatic hydroxyl groups is 1. The Labute approximate surface area is 148 Å². The Kier molecular flexibility index (Phi) is 6.17. The molecule has 2 rings (SSSR count). The Balaban J connectivity index is 2.10. The number of primary sulfonamides is 1. The third-order valence-electron chi connectivity index (χ3n) is 3.60. The third kappa shape index (κ3) is 5.30. The zero-order chi connectivity index (χ0) is 18.4. The first-order valence-corrected chi connectivity index (χ1v) is 9.47. The Hall–Kier alpha value is -2.38. The second-order valence-electron chi connectivity index (χ2n) is 5.64. The molecule has 0 spiro atoms. The number of phenolic OH excluding ortho intramolecular Hbond substituents is 1. The highest BCUT2D eigenvalue weighted by Gasteiger charge is 2.09. The molecule has 2 aromatic rings. The summed E-state index contributed by atoms with van der Waals surface area (Å²) in [5.74, 6) is 0.706. The lowest BCUT2D eigenvalue weighted by molar-refractivity contribution is 0.315. The molecule has 0 bridgehead atoms. The molecule has 0 fully saturated rings. The van der Waals surface area contributed by atoms with Crippen molar-refractivity contribution in [1.29, 1.82) is 0 Å². The zero-order valence-corrected chi connectivity index (χ0v) is 15.0. The molecule has 1 atom stereocenters. The number of benzene rings is 2. The van der Waals surface area contributed by atoms with Gasteiger partial charge in [-0.3, -0.25) is 4.99 Å². The molecule has 0 amide bonds. The van der Waals surface area contributed by atoms with Crippen molar-refractivity contribution in [2.24, 2.45) is 10.1 Å². The van der Waals surface area contributed by atoms with E-state index in [-0.39, 0.29) is 16.7 Å². The summed E-state index contributed by atoms with van der Waals surface area (Å²) < 4.78 is 28.0. The quantitative estimate of drug-likeness (QED) is 0.739. The monoisotopic (exact) mass is 362 g/mol. The molecule has 6 nitrogen and oxygen atoms in total. The van der Waals surface area contributed by atoms with Crippen molar-refractivity contribution in [1.82, 2.24) is 0 Å². The van der Waals surface area contributed by atoms with Gasteiger partial charge in [0.05, 0.1) is 17.5 Å². The summed E-state index contributed by atoms with van der Waals surface area (Å²) in [4.78, 5) is 4.47. The van der Waals surface area contributed by atoms with Crippen molar-refractivity contribution >= 4 is 16.2 Å². The van der Waals surface area contributed by atoms with Gasteiger partial charge in [0.2, 0.25) is 10.0 Å². The van der Waals surface area contributed by atoms with Crippen LogP contribution in [-0.4, -0.2) is 26.3 Å². The highest BCUT2D eigenvalue weighted by molar-refractivity contribution is 7.89. The van der Waals surface area contributed by atoms with Crippen molar-refractivity contribution in [3.63, 3.8) is 0 Å². The number of aliphatic imine (C=N–C) groups is 1. The normalized spacial score (nSPS) is 13.1. The first-order chi connectivity index (χ1) is 11.8. The van der Waals surface area contributed by atoms with Crippen LogP contribution < -0.4 is 9.88 Å². The molecule has 134 valence electrons. The van der Waals surface area contributed by atoms with Gasteiger partial charge in [0, 0.05) is 17.8 Å². The second-order valence-corrected chi connectivity index (χ2v) is 7.20. The summed E-state index contributed by atoms with van der Waals surface area (Å²) in [5.41, 5.74) is 1.42. The van der Waals surface area contributed by atoms with Gasteiger partial charge in [-0.05, 0) is 43.2 Å². The molecule has 0 unspecified atom stereocenters. The molecule has 0 heterocycles. The minimum atomic E-state index is -3.70. The van der Waals surface area contributed by atoms with Crippen molar-refractivity contribution in [3.05, 3.63) is 53.6 Å². The van der Waals surface area contributed by atoms with E-state index < -0.39 is 10.0 Å². The lowest BCUT2D eigenvalue weighted by Gasteiger charge is -2.09. The molecule has 7 heteroatoms. The lowest BCUT2D eigenvalue weighted by Crippen LogP contribution is -2.12. The van der Waals surface area contributed by atoms with E-state index >= 15 is 0 Å². The SMILES string of the molecule is CCCOc1ccc(C=N[C@@H](C)c2ccc(S(N)(=O)=O)cc2)c(O)c1. The van der Waals surface area contributed by atoms with E-state index in [9.17, 15) is 13.5 Å². The summed E-state index contributed by atoms with van der Waals surface area (Å²) in [6, 6.07) is 11.1. The summed E-state index contributed by atoms with van der Waals surface area (Å²) in [5, 5.41) is 15.1. The van der Waals surface area contributed by atoms with Crippen molar-refractivity contribution < 1.29 is 18.3 Å². The van der Waals surface area contributed by atoms with Crippen LogP contribution in [0.2, 0.25) is 0 Å². The molecule has 25 heavy (non-hydrogen) atoms. The van der Waals surface area contributed by atoms with Gasteiger partial charge in [-0.2, -0.15) is 0 Å². The average molecular weight is 362 g/mol. The molecule has 2 aromatic carbocycles. The van der Waals surface area contributed by atoms with Gasteiger partial charge in [0.15, 0.2) is 0 Å². The molecule has 0 radical (unpaired) electrons. The zero-order valence-electron chi connectivity index (χ0n) is 14.2. The number of rotatable bonds is 7. The predicted octanol–water partition coefficient (Wildman–Crippen LogP) is 3.01. The van der Waals surface area contributed by atoms with Gasteiger partial charge in [0.25, 0.3) is 0 Å². The van der Waals surface area contributed by atoms with Crippen molar-refractivity contribution in [2.75, 3.05) is 6.61 Å². The second kappa shape index (κ2) is 8.13. The molecular formula is C18H22N2O4S. The lowest BCUT2D eigenvalue weighted by atomic mass is 10.1. The molecule has 0 aliphatic heterocycles. The first kappa shape index (κ1) is 19.0. The van der Waals surface area contributed by atoms with Crippen LogP contribution in [-0.2, 0) is 10.0 Å². The van der Waals surface area contributed by atoms with E-state index in [0.29, 0.717) is 17.9 Å². The number of sulfonamides is 1. The summed E-state index contributed by atoms with van der Waals surface area (Å²) >= 11 is 0. The third-order valence-corrected chi connectivity index (χ3v) is 4.53. The molecular weight excluding hydrogens is 340 g/mol. The molecule has 0 aliphatic rings. The predicted molar refractivity (Wildman–Crippen MR) is 97.7 cm³/mol. The first-order valence-electron chi connectivity index (χ1n) is 7.93. The van der Waals surface area contributed by atoms with E-state index in [1.54, 1.807) is 36.5 Å². The van der Waals surface area contributed by atoms with Crippen LogP contribution in [0.25, 0.3) is 0 Å². The Morgan fingerprint density at radius 1 is 1.24 bits per heavy atom.